The number of nitrogen functional groups attached to an aromatic ring is 2. The van der Waals surface area contributed by atoms with Gasteiger partial charge in [-0.1, -0.05) is 36.3 Å². The lowest BCUT2D eigenvalue weighted by Gasteiger charge is -2.07. The van der Waals surface area contributed by atoms with Crippen LogP contribution in [0, 0.1) is 0 Å². The second-order valence-electron chi connectivity index (χ2n) is 2.58. The van der Waals surface area contributed by atoms with Gasteiger partial charge >= 0.3 is 0 Å². The quantitative estimate of drug-likeness (QED) is 0.682. The number of hydrogen-bond acceptors (Lipinski definition) is 2. The van der Waals surface area contributed by atoms with Crippen LogP contribution >= 0.6 is 0 Å². The number of anilines is 2. The molecule has 0 aliphatic heterocycles. The van der Waals surface area contributed by atoms with E-state index >= 15 is 0 Å². The third-order valence-corrected chi connectivity index (χ3v) is 1.68. The predicted octanol–water partition coefficient (Wildman–Crippen LogP) is 2.52. The van der Waals surface area contributed by atoms with Crippen LogP contribution in [0.15, 0.2) is 48.3 Å². The third kappa shape index (κ3) is 1.42. The molecule has 70 valence electrons. The van der Waals surface area contributed by atoms with Crippen LogP contribution in [-0.2, 0) is 0 Å². The van der Waals surface area contributed by atoms with E-state index in [1.807, 2.05) is 0 Å². The molecule has 0 radical (unpaired) electrons. The zero-order valence-electron chi connectivity index (χ0n) is 15.2. The van der Waals surface area contributed by atoms with Gasteiger partial charge in [0.25, 0.3) is 0 Å². The molecule has 0 aliphatic rings. The summed E-state index contributed by atoms with van der Waals surface area (Å²) in [4.78, 5) is 0. The van der Waals surface area contributed by atoms with E-state index in [9.17, 15) is 0 Å². The highest BCUT2D eigenvalue weighted by molar-refractivity contribution is 5.83. The topological polar surface area (TPSA) is 52.0 Å². The van der Waals surface area contributed by atoms with Crippen LogP contribution < -0.4 is 11.5 Å². The van der Waals surface area contributed by atoms with Gasteiger partial charge in [0.15, 0.2) is 0 Å². The van der Waals surface area contributed by atoms with E-state index < -0.39 is 48.3 Å². The molecular weight excluding hydrogens is 172 g/mol. The Morgan fingerprint density at radius 2 is 1.07 bits per heavy atom. The minimum absolute atomic E-state index is 0.226. The highest BCUT2D eigenvalue weighted by Crippen LogP contribution is 2.29. The number of benzene rings is 2. The van der Waals surface area contributed by atoms with Crippen molar-refractivity contribution in [1.29, 1.82) is 0 Å². The van der Waals surface area contributed by atoms with E-state index in [2.05, 4.69) is 0 Å². The molecule has 0 bridgehead atoms. The van der Waals surface area contributed by atoms with Crippen LogP contribution in [0.1, 0.15) is 11.0 Å². The van der Waals surface area contributed by atoms with Crippen molar-refractivity contribution in [2.45, 2.75) is 0 Å². The molecule has 0 saturated heterocycles. The average molecular weight is 192 g/mol. The Labute approximate surface area is 94.4 Å². The number of hydrogen-bond donors (Lipinski definition) is 2. The minimum atomic E-state index is -0.555. The molecule has 0 heterocycles. The summed E-state index contributed by atoms with van der Waals surface area (Å²) in [5.41, 5.74) is 10.4. The maximum atomic E-state index is 7.92. The number of nitrogens with two attached hydrogens (primary N) is 2. The van der Waals surface area contributed by atoms with E-state index in [0.29, 0.717) is 0 Å². The lowest BCUT2D eigenvalue weighted by Crippen LogP contribution is -1.93. The molecule has 0 amide bonds. The molecule has 0 aliphatic carbocycles. The van der Waals surface area contributed by atoms with Crippen LogP contribution in [0.2, 0.25) is 0 Å². The average Bonchev–Trinajstić information content (AvgIpc) is 2.50. The van der Waals surface area contributed by atoms with Gasteiger partial charge in [0, 0.05) is 22.5 Å². The van der Waals surface area contributed by atoms with Gasteiger partial charge in [-0.25, -0.2) is 0 Å². The Hall–Kier alpha value is -1.96. The van der Waals surface area contributed by atoms with Gasteiger partial charge in [-0.15, -0.1) is 0 Å². The van der Waals surface area contributed by atoms with Gasteiger partial charge < -0.3 is 11.5 Å². The first-order valence-electron chi connectivity index (χ1n) is 7.83. The molecule has 0 aromatic heterocycles. The lowest BCUT2D eigenvalue weighted by atomic mass is 10.0. The normalized spacial score (nSPS) is 18.0. The van der Waals surface area contributed by atoms with E-state index in [0.717, 1.165) is 0 Å². The summed E-state index contributed by atoms with van der Waals surface area (Å²) in [5.74, 6) is 0. The Kier molecular flexibility index (Phi) is 0.810. The van der Waals surface area contributed by atoms with Crippen molar-refractivity contribution in [3.8, 4) is 11.1 Å². The molecule has 0 unspecified atom stereocenters. The largest absolute Gasteiger partial charge is 0.398 e. The molecule has 2 aromatic carbocycles. The van der Waals surface area contributed by atoms with Gasteiger partial charge in [0.1, 0.15) is 0 Å². The first-order chi connectivity index (χ1) is 10.1. The van der Waals surface area contributed by atoms with Crippen molar-refractivity contribution in [3.05, 3.63) is 48.3 Å². The molecule has 0 fully saturated rings. The first-order valence-corrected chi connectivity index (χ1v) is 3.83. The van der Waals surface area contributed by atoms with Crippen LogP contribution in [0.3, 0.4) is 0 Å². The van der Waals surface area contributed by atoms with Gasteiger partial charge in [0.05, 0.1) is 11.0 Å². The van der Waals surface area contributed by atoms with Crippen molar-refractivity contribution >= 4 is 11.4 Å². The van der Waals surface area contributed by atoms with Crippen molar-refractivity contribution in [3.63, 3.8) is 0 Å². The summed E-state index contributed by atoms with van der Waals surface area (Å²) >= 11 is 0. The SMILES string of the molecule is [2H]c1c([2H])c([2H])c(-c2c([2H])c([2H])c([2H])c([2H])c2N)c(N)c1[2H]. The first kappa shape index (κ1) is 3.31. The monoisotopic (exact) mass is 192 g/mol. The standard InChI is InChI=1S/C12H12N2/c13-11-7-3-1-5-9(11)10-6-2-4-8-12(10)14/h1-8H,13-14H2/i1D,2D,3D,4D,5D,6D,7D,8D. The molecule has 4 N–H and O–H groups in total. The van der Waals surface area contributed by atoms with E-state index in [1.165, 1.54) is 0 Å². The van der Waals surface area contributed by atoms with Crippen LogP contribution in [0.5, 0.6) is 0 Å². The van der Waals surface area contributed by atoms with Gasteiger partial charge in [-0.05, 0) is 12.1 Å². The molecule has 0 atom stereocenters. The molecule has 0 spiro atoms. The van der Waals surface area contributed by atoms with E-state index in [4.69, 9.17) is 22.4 Å². The molecule has 0 saturated carbocycles. The Bertz CT molecular complexity index is 677. The van der Waals surface area contributed by atoms with Crippen LogP contribution in [0.25, 0.3) is 11.1 Å². The molecule has 2 aromatic rings. The van der Waals surface area contributed by atoms with Crippen molar-refractivity contribution in [2.24, 2.45) is 0 Å². The summed E-state index contributed by atoms with van der Waals surface area (Å²) in [7, 11) is 0. The Morgan fingerprint density at radius 1 is 0.714 bits per heavy atom. The van der Waals surface area contributed by atoms with Crippen molar-refractivity contribution in [1.82, 2.24) is 0 Å². The minimum Gasteiger partial charge on any atom is -0.398 e. The summed E-state index contributed by atoms with van der Waals surface area (Å²) in [6, 6.07) is -4.13. The summed E-state index contributed by atoms with van der Waals surface area (Å²) in [6.07, 6.45) is 0. The van der Waals surface area contributed by atoms with Crippen molar-refractivity contribution < 1.29 is 11.0 Å². The van der Waals surface area contributed by atoms with Gasteiger partial charge in [0.2, 0.25) is 0 Å². The second-order valence-corrected chi connectivity index (χ2v) is 2.58. The summed E-state index contributed by atoms with van der Waals surface area (Å²) in [5, 5.41) is 0. The summed E-state index contributed by atoms with van der Waals surface area (Å²) < 4.78 is 61.7. The zero-order valence-corrected chi connectivity index (χ0v) is 7.15. The fourth-order valence-electron chi connectivity index (χ4n) is 1.04. The summed E-state index contributed by atoms with van der Waals surface area (Å²) in [6.45, 7) is 0. The second kappa shape index (κ2) is 3.42. The van der Waals surface area contributed by atoms with E-state index in [-0.39, 0.29) is 22.5 Å². The van der Waals surface area contributed by atoms with Crippen molar-refractivity contribution in [2.75, 3.05) is 11.5 Å². The number of rotatable bonds is 1. The highest BCUT2D eigenvalue weighted by atomic mass is 14.6. The zero-order chi connectivity index (χ0) is 16.9. The molecule has 2 nitrogen and oxygen atoms in total. The fraction of sp³-hybridized carbons (Fsp3) is 0. The molecule has 14 heavy (non-hydrogen) atoms. The number of para-hydroxylation sites is 2. The molecule has 2 rings (SSSR count). The van der Waals surface area contributed by atoms with Gasteiger partial charge in [-0.2, -0.15) is 0 Å². The third-order valence-electron chi connectivity index (χ3n) is 1.68. The fourth-order valence-corrected chi connectivity index (χ4v) is 1.04. The van der Waals surface area contributed by atoms with Crippen LogP contribution in [0.4, 0.5) is 11.4 Å². The predicted molar refractivity (Wildman–Crippen MR) is 60.7 cm³/mol. The Morgan fingerprint density at radius 3 is 1.50 bits per heavy atom. The van der Waals surface area contributed by atoms with E-state index in [1.54, 1.807) is 0 Å². The van der Waals surface area contributed by atoms with Gasteiger partial charge in [-0.3, -0.25) is 0 Å². The van der Waals surface area contributed by atoms with Crippen LogP contribution in [-0.4, -0.2) is 0 Å². The maximum absolute atomic E-state index is 7.92. The maximum Gasteiger partial charge on any atom is 0.0645 e. The smallest absolute Gasteiger partial charge is 0.0645 e. The molecule has 2 heteroatoms. The lowest BCUT2D eigenvalue weighted by molar-refractivity contribution is 1.60. The highest BCUT2D eigenvalue weighted by Gasteiger charge is 2.03. The Balaban J connectivity index is 3.03. The molecular formula is C12H12N2.